The van der Waals surface area contributed by atoms with E-state index in [-0.39, 0.29) is 5.91 Å². The molecule has 6 nitrogen and oxygen atoms in total. The SMILES string of the molecule is COc1ccccc1N1CCN(C(=O)c2c(C)nc3cc(Cl)ccn23)CC1. The van der Waals surface area contributed by atoms with E-state index in [9.17, 15) is 4.79 Å². The number of pyridine rings is 1. The van der Waals surface area contributed by atoms with Gasteiger partial charge in [0.2, 0.25) is 0 Å². The Morgan fingerprint density at radius 1 is 1.15 bits per heavy atom. The van der Waals surface area contributed by atoms with Gasteiger partial charge in [0, 0.05) is 43.5 Å². The number of rotatable bonds is 3. The zero-order valence-corrected chi connectivity index (χ0v) is 16.1. The summed E-state index contributed by atoms with van der Waals surface area (Å²) < 4.78 is 7.28. The lowest BCUT2D eigenvalue weighted by Crippen LogP contribution is -2.49. The molecule has 3 heterocycles. The van der Waals surface area contributed by atoms with Gasteiger partial charge in [-0.25, -0.2) is 4.98 Å². The Balaban J connectivity index is 1.53. The van der Waals surface area contributed by atoms with Gasteiger partial charge in [-0.3, -0.25) is 9.20 Å². The number of para-hydroxylation sites is 2. The second-order valence-corrected chi connectivity index (χ2v) is 7.01. The van der Waals surface area contributed by atoms with Gasteiger partial charge in [-0.2, -0.15) is 0 Å². The monoisotopic (exact) mass is 384 g/mol. The van der Waals surface area contributed by atoms with Gasteiger partial charge in [0.05, 0.1) is 18.5 Å². The Kier molecular flexibility index (Phi) is 4.66. The lowest BCUT2D eigenvalue weighted by Gasteiger charge is -2.36. The summed E-state index contributed by atoms with van der Waals surface area (Å²) in [6.45, 7) is 4.68. The molecule has 1 fully saturated rings. The number of carbonyl (C=O) groups is 1. The van der Waals surface area contributed by atoms with Crippen LogP contribution >= 0.6 is 11.6 Å². The second-order valence-electron chi connectivity index (χ2n) is 6.57. The van der Waals surface area contributed by atoms with Crippen LogP contribution in [0, 0.1) is 6.92 Å². The number of nitrogens with zero attached hydrogens (tertiary/aromatic N) is 4. The van der Waals surface area contributed by atoms with Crippen LogP contribution in [-0.2, 0) is 0 Å². The molecule has 0 unspecified atom stereocenters. The fourth-order valence-corrected chi connectivity index (χ4v) is 3.74. The first-order chi connectivity index (χ1) is 13.1. The van der Waals surface area contributed by atoms with Crippen LogP contribution in [0.25, 0.3) is 5.65 Å². The van der Waals surface area contributed by atoms with E-state index in [1.807, 2.05) is 34.4 Å². The lowest BCUT2D eigenvalue weighted by molar-refractivity contribution is 0.0739. The van der Waals surface area contributed by atoms with Crippen LogP contribution < -0.4 is 9.64 Å². The van der Waals surface area contributed by atoms with E-state index in [1.54, 1.807) is 25.4 Å². The van der Waals surface area contributed by atoms with Crippen LogP contribution in [0.15, 0.2) is 42.6 Å². The van der Waals surface area contributed by atoms with Crippen LogP contribution in [-0.4, -0.2) is 53.5 Å². The summed E-state index contributed by atoms with van der Waals surface area (Å²) in [5, 5.41) is 0.608. The van der Waals surface area contributed by atoms with Gasteiger partial charge in [-0.05, 0) is 25.1 Å². The molecule has 4 rings (SSSR count). The van der Waals surface area contributed by atoms with Gasteiger partial charge in [-0.1, -0.05) is 23.7 Å². The fraction of sp³-hybridized carbons (Fsp3) is 0.300. The van der Waals surface area contributed by atoms with Gasteiger partial charge >= 0.3 is 0 Å². The molecule has 2 aromatic heterocycles. The van der Waals surface area contributed by atoms with Crippen molar-refractivity contribution in [1.82, 2.24) is 14.3 Å². The van der Waals surface area contributed by atoms with Gasteiger partial charge in [0.15, 0.2) is 0 Å². The highest BCUT2D eigenvalue weighted by Crippen LogP contribution is 2.28. The average Bonchev–Trinajstić information content (AvgIpc) is 3.02. The van der Waals surface area contributed by atoms with Crippen molar-refractivity contribution < 1.29 is 9.53 Å². The number of halogens is 1. The van der Waals surface area contributed by atoms with Crippen molar-refractivity contribution in [2.45, 2.75) is 6.92 Å². The van der Waals surface area contributed by atoms with Crippen molar-refractivity contribution in [3.63, 3.8) is 0 Å². The Labute approximate surface area is 162 Å². The molecule has 1 saturated heterocycles. The van der Waals surface area contributed by atoms with Gasteiger partial charge in [0.25, 0.3) is 5.91 Å². The highest BCUT2D eigenvalue weighted by molar-refractivity contribution is 6.30. The van der Waals surface area contributed by atoms with Crippen molar-refractivity contribution in [1.29, 1.82) is 0 Å². The molecule has 0 spiro atoms. The van der Waals surface area contributed by atoms with E-state index >= 15 is 0 Å². The molecule has 0 radical (unpaired) electrons. The van der Waals surface area contributed by atoms with Crippen molar-refractivity contribution in [3.05, 3.63) is 59.0 Å². The number of ether oxygens (including phenoxy) is 1. The van der Waals surface area contributed by atoms with Crippen LogP contribution in [0.5, 0.6) is 5.75 Å². The normalized spacial score (nSPS) is 14.6. The molecular weight excluding hydrogens is 364 g/mol. The minimum atomic E-state index is 0.00185. The Morgan fingerprint density at radius 2 is 1.89 bits per heavy atom. The van der Waals surface area contributed by atoms with E-state index in [1.165, 1.54) is 0 Å². The predicted octanol–water partition coefficient (Wildman–Crippen LogP) is 3.27. The summed E-state index contributed by atoms with van der Waals surface area (Å²) in [7, 11) is 1.68. The maximum absolute atomic E-state index is 13.1. The molecule has 0 atom stereocenters. The first-order valence-corrected chi connectivity index (χ1v) is 9.27. The smallest absolute Gasteiger partial charge is 0.272 e. The quantitative estimate of drug-likeness (QED) is 0.695. The molecule has 1 aliphatic heterocycles. The third-order valence-electron chi connectivity index (χ3n) is 4.96. The molecule has 27 heavy (non-hydrogen) atoms. The summed E-state index contributed by atoms with van der Waals surface area (Å²) >= 11 is 6.04. The van der Waals surface area contributed by atoms with Crippen molar-refractivity contribution in [2.24, 2.45) is 0 Å². The third kappa shape index (κ3) is 3.21. The fourth-order valence-electron chi connectivity index (χ4n) is 3.59. The number of benzene rings is 1. The van der Waals surface area contributed by atoms with E-state index in [0.717, 1.165) is 30.2 Å². The molecule has 0 aliphatic carbocycles. The maximum atomic E-state index is 13.1. The zero-order chi connectivity index (χ0) is 19.0. The Morgan fingerprint density at radius 3 is 2.63 bits per heavy atom. The maximum Gasteiger partial charge on any atom is 0.272 e. The number of methoxy groups -OCH3 is 1. The average molecular weight is 385 g/mol. The Bertz CT molecular complexity index is 993. The molecule has 140 valence electrons. The zero-order valence-electron chi connectivity index (χ0n) is 15.4. The van der Waals surface area contributed by atoms with Crippen molar-refractivity contribution in [2.75, 3.05) is 38.2 Å². The van der Waals surface area contributed by atoms with Crippen LogP contribution in [0.4, 0.5) is 5.69 Å². The summed E-state index contributed by atoms with van der Waals surface area (Å²) in [6, 6.07) is 11.5. The molecule has 1 aromatic carbocycles. The standard InChI is InChI=1S/C20H21ClN4O2/c1-14-19(25-8-7-15(21)13-18(25)22-14)20(26)24-11-9-23(10-12-24)16-5-3-4-6-17(16)27-2/h3-8,13H,9-12H2,1-2H3. The van der Waals surface area contributed by atoms with E-state index in [2.05, 4.69) is 16.0 Å². The summed E-state index contributed by atoms with van der Waals surface area (Å²) in [6.07, 6.45) is 1.80. The summed E-state index contributed by atoms with van der Waals surface area (Å²) in [4.78, 5) is 21.8. The van der Waals surface area contributed by atoms with E-state index in [0.29, 0.717) is 29.5 Å². The number of fused-ring (bicyclic) bond motifs is 1. The van der Waals surface area contributed by atoms with Gasteiger partial charge in [0.1, 0.15) is 17.1 Å². The number of piperazine rings is 1. The first-order valence-electron chi connectivity index (χ1n) is 8.90. The highest BCUT2D eigenvalue weighted by Gasteiger charge is 2.27. The third-order valence-corrected chi connectivity index (χ3v) is 5.19. The number of aryl methyl sites for hydroxylation is 1. The van der Waals surface area contributed by atoms with Gasteiger partial charge < -0.3 is 14.5 Å². The first kappa shape index (κ1) is 17.7. The Hall–Kier alpha value is -2.73. The number of carbonyl (C=O) groups excluding carboxylic acids is 1. The minimum Gasteiger partial charge on any atom is -0.495 e. The van der Waals surface area contributed by atoms with Crippen molar-refractivity contribution in [3.8, 4) is 5.75 Å². The van der Waals surface area contributed by atoms with Crippen molar-refractivity contribution >= 4 is 28.8 Å². The number of anilines is 1. The molecule has 7 heteroatoms. The highest BCUT2D eigenvalue weighted by atomic mass is 35.5. The van der Waals surface area contributed by atoms with Gasteiger partial charge in [-0.15, -0.1) is 0 Å². The summed E-state index contributed by atoms with van der Waals surface area (Å²) in [5.41, 5.74) is 3.07. The number of hydrogen-bond acceptors (Lipinski definition) is 4. The minimum absolute atomic E-state index is 0.00185. The molecule has 0 N–H and O–H groups in total. The number of aromatic nitrogens is 2. The molecule has 1 aliphatic rings. The van der Waals surface area contributed by atoms with Crippen LogP contribution in [0.3, 0.4) is 0 Å². The number of hydrogen-bond donors (Lipinski definition) is 0. The number of amides is 1. The molecule has 0 bridgehead atoms. The molecule has 1 amide bonds. The predicted molar refractivity (Wildman–Crippen MR) is 106 cm³/mol. The van der Waals surface area contributed by atoms with E-state index in [4.69, 9.17) is 16.3 Å². The largest absolute Gasteiger partial charge is 0.495 e. The van der Waals surface area contributed by atoms with Crippen LogP contribution in [0.2, 0.25) is 5.02 Å². The van der Waals surface area contributed by atoms with E-state index < -0.39 is 0 Å². The second kappa shape index (κ2) is 7.12. The molecule has 3 aromatic rings. The topological polar surface area (TPSA) is 50.1 Å². The number of imidazole rings is 1. The molecular formula is C20H21ClN4O2. The van der Waals surface area contributed by atoms with Crippen LogP contribution in [0.1, 0.15) is 16.2 Å². The summed E-state index contributed by atoms with van der Waals surface area (Å²) in [5.74, 6) is 0.855. The lowest BCUT2D eigenvalue weighted by atomic mass is 10.2. The molecule has 0 saturated carbocycles.